The number of nitrogens with zero attached hydrogens (tertiary/aromatic N) is 3. The zero-order valence-electron chi connectivity index (χ0n) is 49.6. The van der Waals surface area contributed by atoms with Gasteiger partial charge in [0.05, 0.1) is 4.92 Å². The van der Waals surface area contributed by atoms with E-state index >= 15 is 0 Å². The molecule has 0 aliphatic carbocycles. The van der Waals surface area contributed by atoms with Gasteiger partial charge >= 0.3 is 29.4 Å². The number of piperazine rings is 1. The van der Waals surface area contributed by atoms with Crippen molar-refractivity contribution in [3.63, 3.8) is 0 Å². The van der Waals surface area contributed by atoms with E-state index in [2.05, 4.69) is 22.9 Å². The summed E-state index contributed by atoms with van der Waals surface area (Å²) in [6, 6.07) is 15.1. The highest BCUT2D eigenvalue weighted by molar-refractivity contribution is 5.97. The third-order valence-electron chi connectivity index (χ3n) is 14.4. The third-order valence-corrected chi connectivity index (χ3v) is 14.4. The van der Waals surface area contributed by atoms with Gasteiger partial charge in [0.25, 0.3) is 5.69 Å². The van der Waals surface area contributed by atoms with Crippen LogP contribution in [0.25, 0.3) is 21.9 Å². The molecule has 3 fully saturated rings. The average Bonchev–Trinajstić information content (AvgIpc) is 1.59. The minimum absolute atomic E-state index is 0.0237. The predicted octanol–water partition coefficient (Wildman–Crippen LogP) is 8.01. The largest absolute Gasteiger partial charge is 0.508 e. The van der Waals surface area contributed by atoms with Crippen LogP contribution in [0.4, 0.5) is 15.3 Å². The van der Waals surface area contributed by atoms with E-state index in [-0.39, 0.29) is 97.2 Å². The van der Waals surface area contributed by atoms with E-state index in [4.69, 9.17) is 23.0 Å². The summed E-state index contributed by atoms with van der Waals surface area (Å²) in [5.74, 6) is -1.70. The molecule has 2 aromatic heterocycles. The summed E-state index contributed by atoms with van der Waals surface area (Å²) in [4.78, 5) is 137. The Labute approximate surface area is 496 Å². The van der Waals surface area contributed by atoms with Crippen molar-refractivity contribution in [2.45, 2.75) is 168 Å². The molecule has 0 radical (unpaired) electrons. The van der Waals surface area contributed by atoms with Crippen molar-refractivity contribution < 1.29 is 71.4 Å². The molecule has 0 bridgehead atoms. The number of unbranched alkanes of at least 4 members (excludes halogenated alkanes) is 3. The molecule has 5 heterocycles. The summed E-state index contributed by atoms with van der Waals surface area (Å²) in [5, 5.41) is 30.1. The van der Waals surface area contributed by atoms with Crippen LogP contribution in [0.3, 0.4) is 0 Å². The number of amides is 5. The van der Waals surface area contributed by atoms with Gasteiger partial charge < -0.3 is 53.9 Å². The number of aromatic hydroxyl groups is 1. The number of Topliss-reactive ketones (excluding diaryl/α,β-unsaturated/α-hetero) is 2. The first-order valence-electron chi connectivity index (χ1n) is 28.9. The fraction of sp³-hybridized carbons (Fsp3) is 0.484. The van der Waals surface area contributed by atoms with Crippen molar-refractivity contribution in [2.75, 3.05) is 26.2 Å². The number of phenolic OH excluding ortho intramolecular Hbond substituents is 1. The Bertz CT molecular complexity index is 3420. The molecule has 3 aliphatic heterocycles. The molecule has 4 N–H and O–H groups in total. The molecule has 5 amide bonds. The van der Waals surface area contributed by atoms with Crippen LogP contribution in [0.5, 0.6) is 11.5 Å². The number of ketones is 2. The zero-order chi connectivity index (χ0) is 62.8. The third kappa shape index (κ3) is 19.0. The Morgan fingerprint density at radius 3 is 2.09 bits per heavy atom. The Morgan fingerprint density at radius 2 is 1.45 bits per heavy atom. The van der Waals surface area contributed by atoms with Crippen LogP contribution in [-0.4, -0.2) is 123 Å². The monoisotopic (exact) mass is 1190 g/mol. The lowest BCUT2D eigenvalue weighted by Gasteiger charge is -2.34. The van der Waals surface area contributed by atoms with Crippen LogP contribution >= 0.6 is 0 Å². The van der Waals surface area contributed by atoms with Crippen molar-refractivity contribution in [2.24, 2.45) is 0 Å². The second kappa shape index (κ2) is 30.7. The van der Waals surface area contributed by atoms with Crippen LogP contribution in [0.1, 0.15) is 142 Å². The topological polar surface area (TPSA) is 331 Å². The standard InChI is InChI=1S/C38H46N4O12.C12H20N2O2.C12H10O4/c1-23(27-11-6-7-13-30(27)42(49)50)22-51-37(48)40-29(12-8-9-17-39-36(47)54-38(3,4)5)34(45)41-18-10-14-31(41)35(46)52-26-15-16-28-25(19-24(2)43)20-33(44)53-32(28)21-26;1-2-3-4-6-9-12(16)14-8-5-7-10(14)11(15)13-9;1-7(13)4-8-5-12(15)16-11-6-9(14)2-3-10(8)11/h6-7,11,13,15-16,20-21,23,29,31H,8-10,12,14,17-19,22H2,1-5H3,(H,39,47)(H,40,48);9-10H,2-8H2,1H3,(H,13,15);2-3,5-6,14H,4H2,1H3/t23?,29-,31-;9-,10-;/m00./s1. The van der Waals surface area contributed by atoms with Crippen molar-refractivity contribution >= 4 is 75.1 Å². The van der Waals surface area contributed by atoms with Gasteiger partial charge in [-0.15, -0.1) is 0 Å². The van der Waals surface area contributed by atoms with E-state index in [0.29, 0.717) is 58.7 Å². The number of nitrogens with one attached hydrogen (secondary N) is 3. The van der Waals surface area contributed by atoms with E-state index < -0.39 is 63.8 Å². The number of alkyl carbamates (subject to hydrolysis) is 2. The number of carbonyl (C=O) groups excluding carboxylic acids is 8. The van der Waals surface area contributed by atoms with Crippen molar-refractivity contribution in [1.29, 1.82) is 0 Å². The average molecular weight is 1190 g/mol. The molecule has 3 aromatic carbocycles. The summed E-state index contributed by atoms with van der Waals surface area (Å²) >= 11 is 0. The number of phenols is 1. The molecule has 24 nitrogen and oxygen atoms in total. The fourth-order valence-electron chi connectivity index (χ4n) is 10.4. The number of hydrogen-bond donors (Lipinski definition) is 4. The minimum Gasteiger partial charge on any atom is -0.508 e. The minimum atomic E-state index is -1.12. The van der Waals surface area contributed by atoms with Gasteiger partial charge in [0, 0.05) is 85.1 Å². The fourth-order valence-corrected chi connectivity index (χ4v) is 10.4. The number of carbonyl (C=O) groups is 8. The van der Waals surface area contributed by atoms with Gasteiger partial charge in [-0.05, 0) is 121 Å². The lowest BCUT2D eigenvalue weighted by molar-refractivity contribution is -0.385. The number of hydrogen-bond acceptors (Lipinski definition) is 18. The van der Waals surface area contributed by atoms with Crippen molar-refractivity contribution in [3.8, 4) is 11.5 Å². The number of likely N-dealkylation sites (tertiary alicyclic amines) is 1. The Hall–Kier alpha value is -8.96. The number of esters is 1. The number of benzene rings is 3. The van der Waals surface area contributed by atoms with Gasteiger partial charge in [-0.2, -0.15) is 0 Å². The number of fused-ring (bicyclic) bond motifs is 3. The Morgan fingerprint density at radius 1 is 0.814 bits per heavy atom. The van der Waals surface area contributed by atoms with E-state index in [1.54, 1.807) is 56.9 Å². The molecule has 86 heavy (non-hydrogen) atoms. The molecule has 8 rings (SSSR count). The van der Waals surface area contributed by atoms with Gasteiger partial charge in [-0.25, -0.2) is 24.0 Å². The van der Waals surface area contributed by atoms with Crippen LogP contribution in [0.2, 0.25) is 0 Å². The molecule has 5 atom stereocenters. The van der Waals surface area contributed by atoms with Crippen LogP contribution in [0.15, 0.2) is 91.2 Å². The van der Waals surface area contributed by atoms with Gasteiger partial charge in [0.2, 0.25) is 17.7 Å². The second-order valence-electron chi connectivity index (χ2n) is 22.6. The van der Waals surface area contributed by atoms with Gasteiger partial charge in [0.1, 0.15) is 70.6 Å². The van der Waals surface area contributed by atoms with E-state index in [0.717, 1.165) is 45.1 Å². The lowest BCUT2D eigenvalue weighted by atomic mass is 10.0. The first-order chi connectivity index (χ1) is 40.8. The molecule has 1 unspecified atom stereocenters. The molecule has 0 saturated carbocycles. The summed E-state index contributed by atoms with van der Waals surface area (Å²) in [6.45, 7) is 12.9. The molecule has 3 saturated heterocycles. The Kier molecular flexibility index (Phi) is 23.6. The summed E-state index contributed by atoms with van der Waals surface area (Å²) in [5.41, 5.74) is -0.0631. The highest BCUT2D eigenvalue weighted by atomic mass is 16.6. The lowest BCUT2D eigenvalue weighted by Crippen LogP contribution is -2.60. The normalized spacial score (nSPS) is 16.9. The highest BCUT2D eigenvalue weighted by Crippen LogP contribution is 2.29. The molecule has 5 aromatic rings. The van der Waals surface area contributed by atoms with Gasteiger partial charge in [-0.1, -0.05) is 51.3 Å². The predicted molar refractivity (Wildman–Crippen MR) is 314 cm³/mol. The molecular weight excluding hydrogens is 1120 g/mol. The van der Waals surface area contributed by atoms with Crippen molar-refractivity contribution in [3.05, 3.63) is 120 Å². The van der Waals surface area contributed by atoms with E-state index in [9.17, 15) is 63.2 Å². The first kappa shape index (κ1) is 66.2. The number of nitro groups is 1. The number of nitro benzene ring substituents is 1. The van der Waals surface area contributed by atoms with Crippen LogP contribution in [-0.2, 0) is 51.1 Å². The van der Waals surface area contributed by atoms with E-state index in [1.165, 1.54) is 67.3 Å². The molecular formula is C62H76N6O18. The smallest absolute Gasteiger partial charge is 0.407 e. The highest BCUT2D eigenvalue weighted by Gasteiger charge is 2.43. The SMILES string of the molecule is CC(=O)Cc1cc(=O)oc2cc(O)ccc12.CC(=O)Cc1cc(=O)oc2cc(OC(=O)[C@@H]3CCCN3C(=O)[C@H](CCCCNC(=O)OC(C)(C)C)NC(=O)OCC(C)c3ccccc3[N+](=O)[O-])ccc12.CCCCC[C@@H]1NC(=O)[C@@H]2CCCN2C1=O. The maximum Gasteiger partial charge on any atom is 0.407 e. The molecule has 3 aliphatic rings. The quantitative estimate of drug-likeness (QED) is 0.0135. The number of ether oxygens (including phenoxy) is 3. The molecule has 462 valence electrons. The van der Waals surface area contributed by atoms with Crippen LogP contribution in [0, 0.1) is 10.1 Å². The Balaban J connectivity index is 0.000000295. The van der Waals surface area contributed by atoms with Gasteiger partial charge in [-0.3, -0.25) is 34.1 Å². The van der Waals surface area contributed by atoms with Gasteiger partial charge in [0.15, 0.2) is 0 Å². The van der Waals surface area contributed by atoms with Crippen LogP contribution < -0.4 is 31.9 Å². The maximum atomic E-state index is 14.0. The summed E-state index contributed by atoms with van der Waals surface area (Å²) in [6.07, 6.45) is 6.31. The van der Waals surface area contributed by atoms with Crippen molar-refractivity contribution in [1.82, 2.24) is 25.8 Å². The maximum absolute atomic E-state index is 14.0. The second-order valence-corrected chi connectivity index (χ2v) is 22.6. The number of para-hydroxylation sites is 1. The molecule has 0 spiro atoms. The number of rotatable bonds is 21. The summed E-state index contributed by atoms with van der Waals surface area (Å²) in [7, 11) is 0. The summed E-state index contributed by atoms with van der Waals surface area (Å²) < 4.78 is 26.5. The zero-order valence-corrected chi connectivity index (χ0v) is 49.6. The molecule has 24 heteroatoms. The first-order valence-corrected chi connectivity index (χ1v) is 28.9. The van der Waals surface area contributed by atoms with E-state index in [1.807, 2.05) is 0 Å².